The van der Waals surface area contributed by atoms with Crippen molar-refractivity contribution in [3.05, 3.63) is 93.5 Å². The number of benzene rings is 2. The highest BCUT2D eigenvalue weighted by molar-refractivity contribution is 9.11. The predicted octanol–water partition coefficient (Wildman–Crippen LogP) is 5.61. The van der Waals surface area contributed by atoms with Gasteiger partial charge in [-0.15, -0.1) is 0 Å². The fourth-order valence-corrected chi connectivity index (χ4v) is 3.62. The zero-order valence-electron chi connectivity index (χ0n) is 14.9. The van der Waals surface area contributed by atoms with E-state index < -0.39 is 11.6 Å². The van der Waals surface area contributed by atoms with E-state index in [-0.39, 0.29) is 30.2 Å². The normalized spacial score (nSPS) is 21.2. The Balaban J connectivity index is 1.42. The van der Waals surface area contributed by atoms with Crippen molar-refractivity contribution in [3.63, 3.8) is 0 Å². The Kier molecular flexibility index (Phi) is 5.69. The Morgan fingerprint density at radius 2 is 1.86 bits per heavy atom. The average Bonchev–Trinajstić information content (AvgIpc) is 3.17. The molecule has 0 amide bonds. The molecule has 0 radical (unpaired) electrons. The van der Waals surface area contributed by atoms with Crippen molar-refractivity contribution in [2.24, 2.45) is 4.99 Å². The highest BCUT2D eigenvalue weighted by Gasteiger charge is 2.26. The summed E-state index contributed by atoms with van der Waals surface area (Å²) in [7, 11) is 0. The molecule has 0 N–H and O–H groups in total. The van der Waals surface area contributed by atoms with Crippen LogP contribution in [0.4, 0.5) is 8.78 Å². The van der Waals surface area contributed by atoms with Gasteiger partial charge in [-0.25, -0.2) is 13.8 Å². The van der Waals surface area contributed by atoms with Gasteiger partial charge in [0.05, 0.1) is 12.7 Å². The zero-order chi connectivity index (χ0) is 19.5. The fourth-order valence-electron chi connectivity index (χ4n) is 3.15. The Morgan fingerprint density at radius 1 is 1.11 bits per heavy atom. The first-order valence-corrected chi connectivity index (χ1v) is 9.79. The van der Waals surface area contributed by atoms with E-state index in [1.807, 2.05) is 36.4 Å². The van der Waals surface area contributed by atoms with Crippen LogP contribution < -0.4 is 0 Å². The van der Waals surface area contributed by atoms with Crippen molar-refractivity contribution < 1.29 is 18.3 Å². The number of hydrogen-bond donors (Lipinski definition) is 0. The number of hydrogen-bond acceptors (Lipinski definition) is 3. The van der Waals surface area contributed by atoms with Gasteiger partial charge in [-0.3, -0.25) is 0 Å². The van der Waals surface area contributed by atoms with Crippen LogP contribution in [0.15, 0.2) is 70.2 Å². The number of rotatable bonds is 5. The van der Waals surface area contributed by atoms with Crippen LogP contribution in [0.1, 0.15) is 29.2 Å². The molecule has 2 aromatic rings. The van der Waals surface area contributed by atoms with Crippen LogP contribution in [0, 0.1) is 11.6 Å². The summed E-state index contributed by atoms with van der Waals surface area (Å²) in [6.45, 7) is 0.753. The smallest absolute Gasteiger partial charge is 0.222 e. The second-order valence-electron chi connectivity index (χ2n) is 6.61. The van der Waals surface area contributed by atoms with Gasteiger partial charge in [0.2, 0.25) is 5.90 Å². The predicted molar refractivity (Wildman–Crippen MR) is 107 cm³/mol. The lowest BCUT2D eigenvalue weighted by Crippen LogP contribution is -2.13. The van der Waals surface area contributed by atoms with Gasteiger partial charge in [-0.1, -0.05) is 58.4 Å². The molecule has 28 heavy (non-hydrogen) atoms. The van der Waals surface area contributed by atoms with E-state index in [4.69, 9.17) is 9.47 Å². The topological polar surface area (TPSA) is 30.8 Å². The highest BCUT2D eigenvalue weighted by atomic mass is 79.9. The van der Waals surface area contributed by atoms with Crippen LogP contribution in [0.5, 0.6) is 0 Å². The molecule has 2 unspecified atom stereocenters. The molecular weight excluding hydrogens is 428 g/mol. The van der Waals surface area contributed by atoms with Gasteiger partial charge in [-0.2, -0.15) is 0 Å². The molecule has 0 saturated carbocycles. The van der Waals surface area contributed by atoms with Crippen molar-refractivity contribution in [3.8, 4) is 0 Å². The second kappa shape index (κ2) is 8.37. The standard InChI is InChI=1S/C22H18BrF2NO2/c23-16-4-1-2-7-20(16)27-12-14-8-10-15(11-9-14)19-13-28-22(26-19)21-17(24)5-3-6-18(21)25/h1-6,8-11,19-20H,7,12-13H2. The van der Waals surface area contributed by atoms with Crippen LogP contribution in [-0.2, 0) is 16.1 Å². The van der Waals surface area contributed by atoms with Gasteiger partial charge in [0, 0.05) is 4.48 Å². The lowest BCUT2D eigenvalue weighted by Gasteiger charge is -2.18. The summed E-state index contributed by atoms with van der Waals surface area (Å²) in [6.07, 6.45) is 6.96. The van der Waals surface area contributed by atoms with Gasteiger partial charge in [0.25, 0.3) is 0 Å². The van der Waals surface area contributed by atoms with E-state index in [9.17, 15) is 8.78 Å². The molecule has 3 nitrogen and oxygen atoms in total. The maximum Gasteiger partial charge on any atom is 0.222 e. The maximum absolute atomic E-state index is 13.9. The molecule has 0 saturated heterocycles. The highest BCUT2D eigenvalue weighted by Crippen LogP contribution is 2.28. The summed E-state index contributed by atoms with van der Waals surface area (Å²) in [6, 6.07) is 11.3. The van der Waals surface area contributed by atoms with Crippen molar-refractivity contribution in [1.29, 1.82) is 0 Å². The van der Waals surface area contributed by atoms with Crippen LogP contribution in [0.2, 0.25) is 0 Å². The van der Waals surface area contributed by atoms with E-state index in [2.05, 4.69) is 27.0 Å². The lowest BCUT2D eigenvalue weighted by atomic mass is 10.1. The lowest BCUT2D eigenvalue weighted by molar-refractivity contribution is 0.0714. The minimum absolute atomic E-state index is 0.00926. The van der Waals surface area contributed by atoms with Crippen LogP contribution in [0.25, 0.3) is 0 Å². The SMILES string of the molecule is Fc1cccc(F)c1C1=NC(c2ccc(COC3CC=CC=C3Br)cc2)CO1. The summed E-state index contributed by atoms with van der Waals surface area (Å²) in [5.74, 6) is -1.34. The Labute approximate surface area is 170 Å². The minimum atomic E-state index is -0.676. The number of ether oxygens (including phenoxy) is 2. The van der Waals surface area contributed by atoms with Crippen LogP contribution in [-0.4, -0.2) is 18.6 Å². The summed E-state index contributed by atoms with van der Waals surface area (Å²) in [5, 5.41) is 0. The number of aliphatic imine (C=N–C) groups is 1. The molecule has 0 spiro atoms. The number of allylic oxidation sites excluding steroid dienone is 2. The molecule has 2 aromatic carbocycles. The Morgan fingerprint density at radius 3 is 2.57 bits per heavy atom. The van der Waals surface area contributed by atoms with Gasteiger partial charge >= 0.3 is 0 Å². The third kappa shape index (κ3) is 4.08. The van der Waals surface area contributed by atoms with E-state index >= 15 is 0 Å². The van der Waals surface area contributed by atoms with Gasteiger partial charge in [0.15, 0.2) is 0 Å². The first kappa shape index (κ1) is 19.0. The molecule has 1 aliphatic heterocycles. The molecule has 1 aliphatic carbocycles. The second-order valence-corrected chi connectivity index (χ2v) is 7.53. The monoisotopic (exact) mass is 445 g/mol. The molecule has 2 aliphatic rings. The Hall–Kier alpha value is -2.31. The van der Waals surface area contributed by atoms with Gasteiger partial charge in [0.1, 0.15) is 29.8 Å². The third-order valence-electron chi connectivity index (χ3n) is 4.69. The first-order valence-electron chi connectivity index (χ1n) is 8.99. The molecule has 2 atom stereocenters. The molecule has 144 valence electrons. The van der Waals surface area contributed by atoms with Crippen LogP contribution >= 0.6 is 15.9 Å². The zero-order valence-corrected chi connectivity index (χ0v) is 16.5. The van der Waals surface area contributed by atoms with Crippen LogP contribution in [0.3, 0.4) is 0 Å². The van der Waals surface area contributed by atoms with E-state index in [0.717, 1.165) is 22.0 Å². The molecule has 0 aromatic heterocycles. The Bertz CT molecular complexity index is 933. The largest absolute Gasteiger partial charge is 0.475 e. The van der Waals surface area contributed by atoms with Gasteiger partial charge < -0.3 is 9.47 Å². The van der Waals surface area contributed by atoms with Crippen molar-refractivity contribution in [2.75, 3.05) is 6.61 Å². The molecule has 1 heterocycles. The molecule has 6 heteroatoms. The molecule has 0 fully saturated rings. The minimum Gasteiger partial charge on any atom is -0.475 e. The van der Waals surface area contributed by atoms with Crippen molar-refractivity contribution >= 4 is 21.8 Å². The average molecular weight is 446 g/mol. The molecular formula is C22H18BrF2NO2. The van der Waals surface area contributed by atoms with Crippen molar-refractivity contribution in [1.82, 2.24) is 0 Å². The summed E-state index contributed by atoms with van der Waals surface area (Å²) < 4.78 is 40.3. The number of halogens is 3. The summed E-state index contributed by atoms with van der Waals surface area (Å²) >= 11 is 3.52. The summed E-state index contributed by atoms with van der Waals surface area (Å²) in [4.78, 5) is 4.37. The third-order valence-corrected chi connectivity index (χ3v) is 5.47. The molecule has 0 bridgehead atoms. The van der Waals surface area contributed by atoms with E-state index in [0.29, 0.717) is 6.61 Å². The maximum atomic E-state index is 13.9. The van der Waals surface area contributed by atoms with Gasteiger partial charge in [-0.05, 0) is 35.8 Å². The van der Waals surface area contributed by atoms with E-state index in [1.165, 1.54) is 18.2 Å². The first-order chi connectivity index (χ1) is 13.6. The fraction of sp³-hybridized carbons (Fsp3) is 0.227. The number of nitrogens with zero attached hydrogens (tertiary/aromatic N) is 1. The quantitative estimate of drug-likeness (QED) is 0.598. The van der Waals surface area contributed by atoms with Crippen molar-refractivity contribution in [2.45, 2.75) is 25.2 Å². The molecule has 4 rings (SSSR count). The van der Waals surface area contributed by atoms with E-state index in [1.54, 1.807) is 0 Å². The summed E-state index contributed by atoms with van der Waals surface area (Å²) in [5.41, 5.74) is 1.76.